The second-order valence-corrected chi connectivity index (χ2v) is 7.72. The summed E-state index contributed by atoms with van der Waals surface area (Å²) in [6.07, 6.45) is 4.21. The van der Waals surface area contributed by atoms with Crippen LogP contribution in [0.15, 0.2) is 35.3 Å². The summed E-state index contributed by atoms with van der Waals surface area (Å²) in [5.74, 6) is 1.36. The van der Waals surface area contributed by atoms with Gasteiger partial charge in [-0.1, -0.05) is 18.5 Å². The lowest BCUT2D eigenvalue weighted by Gasteiger charge is -2.32. The molecule has 1 saturated heterocycles. The minimum atomic E-state index is 0.291. The van der Waals surface area contributed by atoms with E-state index in [1.165, 1.54) is 6.42 Å². The molecule has 0 bridgehead atoms. The molecule has 0 amide bonds. The van der Waals surface area contributed by atoms with Gasteiger partial charge in [0, 0.05) is 42.1 Å². The van der Waals surface area contributed by atoms with Gasteiger partial charge in [0.25, 0.3) is 5.95 Å². The first-order valence-corrected chi connectivity index (χ1v) is 10.4. The molecule has 2 aromatic rings. The Morgan fingerprint density at radius 2 is 2.13 bits per heavy atom. The predicted octanol–water partition coefficient (Wildman–Crippen LogP) is 3.53. The molecule has 1 aliphatic heterocycles. The van der Waals surface area contributed by atoms with Crippen LogP contribution in [-0.4, -0.2) is 53.6 Å². The minimum Gasteiger partial charge on any atom is -0.366 e. The second-order valence-electron chi connectivity index (χ2n) is 7.28. The van der Waals surface area contributed by atoms with Crippen LogP contribution in [0.5, 0.6) is 0 Å². The standard InChI is InChI=1S/C21H27ClN8/c1-4-30-11-5-6-17(13-30)26-19-12-15(2)25-20(27-19)28-21(24-14-23)29(3)18-9-7-16(22)8-10-18/h7-10,12,17H,4-6,11,13H2,1-3H3,(H2,24,25,26,27,28). The molecular weight excluding hydrogens is 400 g/mol. The van der Waals surface area contributed by atoms with Gasteiger partial charge in [0.05, 0.1) is 0 Å². The van der Waals surface area contributed by atoms with Crippen molar-refractivity contribution in [1.29, 1.82) is 5.26 Å². The van der Waals surface area contributed by atoms with Gasteiger partial charge in [-0.3, -0.25) is 5.32 Å². The summed E-state index contributed by atoms with van der Waals surface area (Å²) in [4.78, 5) is 17.7. The summed E-state index contributed by atoms with van der Waals surface area (Å²) in [6.45, 7) is 7.29. The van der Waals surface area contributed by atoms with Gasteiger partial charge in [0.15, 0.2) is 6.19 Å². The molecule has 1 atom stereocenters. The minimum absolute atomic E-state index is 0.291. The van der Waals surface area contributed by atoms with E-state index in [1.54, 1.807) is 17.0 Å². The van der Waals surface area contributed by atoms with Gasteiger partial charge in [-0.15, -0.1) is 0 Å². The number of guanidine groups is 1. The monoisotopic (exact) mass is 426 g/mol. The van der Waals surface area contributed by atoms with Crippen molar-refractivity contribution in [2.75, 3.05) is 36.9 Å². The summed E-state index contributed by atoms with van der Waals surface area (Å²) in [5.41, 5.74) is 1.63. The van der Waals surface area contributed by atoms with Gasteiger partial charge < -0.3 is 15.1 Å². The summed E-state index contributed by atoms with van der Waals surface area (Å²) in [5, 5.41) is 16.0. The van der Waals surface area contributed by atoms with Crippen molar-refractivity contribution in [2.45, 2.75) is 32.7 Å². The zero-order valence-electron chi connectivity index (χ0n) is 17.6. The number of nitriles is 1. The van der Waals surface area contributed by atoms with Crippen molar-refractivity contribution in [3.05, 3.63) is 41.0 Å². The number of aliphatic imine (C=N–C) groups is 1. The van der Waals surface area contributed by atoms with E-state index >= 15 is 0 Å². The zero-order valence-corrected chi connectivity index (χ0v) is 18.3. The van der Waals surface area contributed by atoms with E-state index < -0.39 is 0 Å². The van der Waals surface area contributed by atoms with Crippen molar-refractivity contribution in [2.24, 2.45) is 4.99 Å². The van der Waals surface area contributed by atoms with Crippen LogP contribution in [0, 0.1) is 18.4 Å². The van der Waals surface area contributed by atoms with E-state index in [0.29, 0.717) is 23.0 Å². The fourth-order valence-electron chi connectivity index (χ4n) is 3.47. The first-order chi connectivity index (χ1) is 14.5. The summed E-state index contributed by atoms with van der Waals surface area (Å²) < 4.78 is 0. The highest BCUT2D eigenvalue weighted by atomic mass is 35.5. The van der Waals surface area contributed by atoms with Gasteiger partial charge in [-0.05, 0) is 57.1 Å². The van der Waals surface area contributed by atoms with E-state index in [1.807, 2.05) is 38.4 Å². The lowest BCUT2D eigenvalue weighted by atomic mass is 10.1. The van der Waals surface area contributed by atoms with Crippen LogP contribution < -0.4 is 15.5 Å². The largest absolute Gasteiger partial charge is 0.366 e. The molecule has 2 N–H and O–H groups in total. The van der Waals surface area contributed by atoms with Crippen molar-refractivity contribution >= 4 is 35.0 Å². The topological polar surface area (TPSA) is 92.5 Å². The molecule has 1 fully saturated rings. The van der Waals surface area contributed by atoms with Crippen LogP contribution in [-0.2, 0) is 0 Å². The van der Waals surface area contributed by atoms with Crippen LogP contribution in [0.3, 0.4) is 0 Å². The molecule has 3 rings (SSSR count). The average molecular weight is 427 g/mol. The lowest BCUT2D eigenvalue weighted by molar-refractivity contribution is 0.226. The number of aromatic nitrogens is 2. The summed E-state index contributed by atoms with van der Waals surface area (Å²) in [7, 11) is 1.81. The Balaban J connectivity index is 1.82. The third-order valence-corrected chi connectivity index (χ3v) is 5.30. The molecule has 0 spiro atoms. The molecule has 8 nitrogen and oxygen atoms in total. The fourth-order valence-corrected chi connectivity index (χ4v) is 3.59. The number of nitrogens with zero attached hydrogens (tertiary/aromatic N) is 6. The number of aryl methyl sites for hydroxylation is 1. The van der Waals surface area contributed by atoms with E-state index in [4.69, 9.17) is 11.6 Å². The van der Waals surface area contributed by atoms with Crippen LogP contribution in [0.2, 0.25) is 5.02 Å². The molecule has 0 radical (unpaired) electrons. The number of nitrogens with one attached hydrogen (secondary N) is 2. The maximum absolute atomic E-state index is 9.18. The Kier molecular flexibility index (Phi) is 7.44. The Hall–Kier alpha value is -2.89. The predicted molar refractivity (Wildman–Crippen MR) is 121 cm³/mol. The van der Waals surface area contributed by atoms with Gasteiger partial charge in [-0.25, -0.2) is 4.98 Å². The number of likely N-dealkylation sites (tertiary alicyclic amines) is 1. The van der Waals surface area contributed by atoms with Crippen molar-refractivity contribution < 1.29 is 0 Å². The maximum Gasteiger partial charge on any atom is 0.254 e. The highest BCUT2D eigenvalue weighted by Gasteiger charge is 2.19. The third-order valence-electron chi connectivity index (χ3n) is 5.05. The highest BCUT2D eigenvalue weighted by Crippen LogP contribution is 2.20. The van der Waals surface area contributed by atoms with Crippen LogP contribution in [0.4, 0.5) is 17.5 Å². The number of anilines is 2. The SMILES string of the molecule is CCN1CCCC(Nc2cc(C)nc(/N=C(\NC#N)N(C)c3ccc(Cl)cc3)n2)C1. The molecule has 0 saturated carbocycles. The molecule has 1 aromatic heterocycles. The summed E-state index contributed by atoms with van der Waals surface area (Å²) in [6, 6.07) is 9.54. The van der Waals surface area contributed by atoms with Crippen LogP contribution in [0.1, 0.15) is 25.5 Å². The maximum atomic E-state index is 9.18. The van der Waals surface area contributed by atoms with Gasteiger partial charge in [0.1, 0.15) is 5.82 Å². The van der Waals surface area contributed by atoms with Crippen molar-refractivity contribution in [3.63, 3.8) is 0 Å². The summed E-state index contributed by atoms with van der Waals surface area (Å²) >= 11 is 5.97. The zero-order chi connectivity index (χ0) is 21.5. The highest BCUT2D eigenvalue weighted by molar-refractivity contribution is 6.30. The molecular formula is C21H27ClN8. The van der Waals surface area contributed by atoms with E-state index in [2.05, 4.69) is 37.4 Å². The smallest absolute Gasteiger partial charge is 0.254 e. The number of hydrogen-bond acceptors (Lipinski definition) is 6. The van der Waals surface area contributed by atoms with E-state index in [0.717, 1.165) is 43.3 Å². The Morgan fingerprint density at radius 3 is 2.83 bits per heavy atom. The van der Waals surface area contributed by atoms with Gasteiger partial charge in [-0.2, -0.15) is 15.2 Å². The third kappa shape index (κ3) is 5.81. The first-order valence-electron chi connectivity index (χ1n) is 10.1. The van der Waals surface area contributed by atoms with Crippen LogP contribution >= 0.6 is 11.6 Å². The van der Waals surface area contributed by atoms with Crippen LogP contribution in [0.25, 0.3) is 0 Å². The number of piperidine rings is 1. The lowest BCUT2D eigenvalue weighted by Crippen LogP contribution is -2.42. The molecule has 30 heavy (non-hydrogen) atoms. The number of rotatable bonds is 5. The number of halogens is 1. The first kappa shape index (κ1) is 21.8. The van der Waals surface area contributed by atoms with E-state index in [9.17, 15) is 5.26 Å². The average Bonchev–Trinajstić information content (AvgIpc) is 2.73. The molecule has 0 aliphatic carbocycles. The van der Waals surface area contributed by atoms with Crippen molar-refractivity contribution in [3.8, 4) is 6.19 Å². The van der Waals surface area contributed by atoms with Gasteiger partial charge >= 0.3 is 0 Å². The number of likely N-dealkylation sites (N-methyl/N-ethyl adjacent to an activating group) is 1. The molecule has 1 aromatic carbocycles. The quantitative estimate of drug-likeness (QED) is 0.327. The Labute approximate surface area is 182 Å². The van der Waals surface area contributed by atoms with Crippen molar-refractivity contribution in [1.82, 2.24) is 20.2 Å². The number of hydrogen-bond donors (Lipinski definition) is 2. The second kappa shape index (κ2) is 10.2. The molecule has 158 valence electrons. The fraction of sp³-hybridized carbons (Fsp3) is 0.429. The Morgan fingerprint density at radius 1 is 1.37 bits per heavy atom. The molecule has 9 heteroatoms. The van der Waals surface area contributed by atoms with Gasteiger partial charge in [0.2, 0.25) is 5.96 Å². The normalized spacial score (nSPS) is 17.3. The Bertz CT molecular complexity index is 922. The molecule has 1 aliphatic rings. The molecule has 2 heterocycles. The number of benzene rings is 1. The van der Waals surface area contributed by atoms with E-state index in [-0.39, 0.29) is 0 Å². The molecule has 1 unspecified atom stereocenters.